The normalized spacial score (nSPS) is 31.7. The van der Waals surface area contributed by atoms with E-state index in [0.29, 0.717) is 0 Å². The first-order chi connectivity index (χ1) is 4.74. The van der Waals surface area contributed by atoms with Crippen molar-refractivity contribution in [1.29, 1.82) is 0 Å². The summed E-state index contributed by atoms with van der Waals surface area (Å²) in [5.41, 5.74) is 0.869. The third-order valence-corrected chi connectivity index (χ3v) is 1.76. The molecule has 3 heteroatoms. The molecule has 0 aromatic carbocycles. The highest BCUT2D eigenvalue weighted by Crippen LogP contribution is 2.16. The van der Waals surface area contributed by atoms with Crippen LogP contribution in [0.5, 0.6) is 0 Å². The number of allylic oxidation sites excluding steroid dienone is 3. The summed E-state index contributed by atoms with van der Waals surface area (Å²) in [5.74, 6) is 0. The monoisotopic (exact) mass is 161 g/mol. The Morgan fingerprint density at radius 2 is 2.40 bits per heavy atom. The number of alkyl halides is 2. The van der Waals surface area contributed by atoms with Crippen molar-refractivity contribution in [3.8, 4) is 0 Å². The van der Waals surface area contributed by atoms with Gasteiger partial charge >= 0.3 is 0 Å². The van der Waals surface area contributed by atoms with Gasteiger partial charge in [0.05, 0.1) is 5.38 Å². The van der Waals surface area contributed by atoms with E-state index in [0.717, 1.165) is 5.70 Å². The summed E-state index contributed by atoms with van der Waals surface area (Å²) in [6.45, 7) is 0. The second-order valence-electron chi connectivity index (χ2n) is 2.12. The molecule has 0 spiro atoms. The lowest BCUT2D eigenvalue weighted by Crippen LogP contribution is -2.18. The Morgan fingerprint density at radius 1 is 1.70 bits per heavy atom. The van der Waals surface area contributed by atoms with Crippen molar-refractivity contribution < 1.29 is 4.39 Å². The molecule has 1 aliphatic carbocycles. The molecule has 1 nitrogen and oxygen atoms in total. The van der Waals surface area contributed by atoms with Crippen LogP contribution in [0.3, 0.4) is 0 Å². The molecule has 1 N–H and O–H groups in total. The third kappa shape index (κ3) is 1.51. The molecule has 0 aromatic heterocycles. The van der Waals surface area contributed by atoms with Crippen LogP contribution in [-0.2, 0) is 0 Å². The summed E-state index contributed by atoms with van der Waals surface area (Å²) in [6.07, 6.45) is 3.75. The predicted molar refractivity (Wildman–Crippen MR) is 40.8 cm³/mol. The summed E-state index contributed by atoms with van der Waals surface area (Å²) in [4.78, 5) is 0. The number of likely N-dealkylation sites (N-methyl/N-ethyl adjacent to an activating group) is 1. The van der Waals surface area contributed by atoms with Crippen LogP contribution in [0.2, 0.25) is 0 Å². The molecule has 0 amide bonds. The van der Waals surface area contributed by atoms with Gasteiger partial charge < -0.3 is 5.32 Å². The van der Waals surface area contributed by atoms with Crippen LogP contribution in [0.25, 0.3) is 0 Å². The zero-order chi connectivity index (χ0) is 7.56. The first-order valence-corrected chi connectivity index (χ1v) is 3.53. The van der Waals surface area contributed by atoms with Gasteiger partial charge in [-0.25, -0.2) is 4.39 Å². The molecule has 0 bridgehead atoms. The largest absolute Gasteiger partial charge is 0.388 e. The van der Waals surface area contributed by atoms with E-state index < -0.39 is 11.5 Å². The van der Waals surface area contributed by atoms with Gasteiger partial charge in [-0.2, -0.15) is 0 Å². The van der Waals surface area contributed by atoms with Crippen molar-refractivity contribution in [3.63, 3.8) is 0 Å². The van der Waals surface area contributed by atoms with Gasteiger partial charge in [0.2, 0.25) is 0 Å². The lowest BCUT2D eigenvalue weighted by atomic mass is 10.1. The Hall–Kier alpha value is -0.500. The van der Waals surface area contributed by atoms with Crippen molar-refractivity contribution in [2.45, 2.75) is 11.5 Å². The summed E-state index contributed by atoms with van der Waals surface area (Å²) in [5, 5.41) is 2.36. The van der Waals surface area contributed by atoms with E-state index in [1.807, 2.05) is 0 Å². The van der Waals surface area contributed by atoms with Gasteiger partial charge in [0.1, 0.15) is 6.17 Å². The number of hydrogen-bond donors (Lipinski definition) is 1. The molecule has 1 aliphatic rings. The molecular weight excluding hydrogens is 153 g/mol. The Bertz CT molecular complexity index is 176. The molecule has 0 radical (unpaired) electrons. The molecule has 2 atom stereocenters. The average Bonchev–Trinajstić information content (AvgIpc) is 1.95. The quantitative estimate of drug-likeness (QED) is 0.577. The minimum atomic E-state index is -1.04. The van der Waals surface area contributed by atoms with E-state index in [9.17, 15) is 4.39 Å². The molecule has 56 valence electrons. The van der Waals surface area contributed by atoms with Gasteiger partial charge in [-0.3, -0.25) is 0 Å². The zero-order valence-electron chi connectivity index (χ0n) is 5.64. The molecule has 0 fully saturated rings. The molecule has 0 saturated carbocycles. The maximum atomic E-state index is 12.6. The van der Waals surface area contributed by atoms with Gasteiger partial charge in [0, 0.05) is 12.7 Å². The molecule has 10 heavy (non-hydrogen) atoms. The van der Waals surface area contributed by atoms with Crippen LogP contribution in [0.15, 0.2) is 23.9 Å². The number of hydrogen-bond acceptors (Lipinski definition) is 1. The second kappa shape index (κ2) is 3.06. The van der Waals surface area contributed by atoms with Gasteiger partial charge in [-0.15, -0.1) is 11.6 Å². The lowest BCUT2D eigenvalue weighted by molar-refractivity contribution is 0.404. The fourth-order valence-electron chi connectivity index (χ4n) is 0.787. The predicted octanol–water partition coefficient (Wildman–Crippen LogP) is 1.60. The second-order valence-corrected chi connectivity index (χ2v) is 2.62. The zero-order valence-corrected chi connectivity index (χ0v) is 6.40. The van der Waals surface area contributed by atoms with Gasteiger partial charge in [-0.05, 0) is 18.2 Å². The van der Waals surface area contributed by atoms with Gasteiger partial charge in [0.15, 0.2) is 0 Å². The average molecular weight is 162 g/mol. The third-order valence-electron chi connectivity index (χ3n) is 1.39. The van der Waals surface area contributed by atoms with Crippen LogP contribution in [0, 0.1) is 0 Å². The standard InChI is InChI=1S/C7H9ClFN/c1-10-5-2-3-7(9)6(8)4-5/h2-4,6-7,10H,1H3. The van der Waals surface area contributed by atoms with Crippen LogP contribution in [0.4, 0.5) is 4.39 Å². The minimum absolute atomic E-state index is 0.521. The molecule has 0 heterocycles. The van der Waals surface area contributed by atoms with Crippen molar-refractivity contribution >= 4 is 11.6 Å². The van der Waals surface area contributed by atoms with E-state index in [-0.39, 0.29) is 0 Å². The maximum Gasteiger partial charge on any atom is 0.138 e. The van der Waals surface area contributed by atoms with Crippen LogP contribution in [0.1, 0.15) is 0 Å². The molecule has 1 rings (SSSR count). The molecule has 0 saturated heterocycles. The van der Waals surface area contributed by atoms with Crippen molar-refractivity contribution in [2.75, 3.05) is 7.05 Å². The van der Waals surface area contributed by atoms with Crippen LogP contribution < -0.4 is 5.32 Å². The highest BCUT2D eigenvalue weighted by atomic mass is 35.5. The first-order valence-electron chi connectivity index (χ1n) is 3.10. The maximum absolute atomic E-state index is 12.6. The Balaban J connectivity index is 2.66. The fraction of sp³-hybridized carbons (Fsp3) is 0.429. The van der Waals surface area contributed by atoms with E-state index in [2.05, 4.69) is 5.32 Å². The number of nitrogens with one attached hydrogen (secondary N) is 1. The summed E-state index contributed by atoms with van der Waals surface area (Å²) < 4.78 is 12.6. The summed E-state index contributed by atoms with van der Waals surface area (Å²) in [7, 11) is 1.78. The van der Waals surface area contributed by atoms with Gasteiger partial charge in [-0.1, -0.05) is 0 Å². The molecule has 0 aliphatic heterocycles. The van der Waals surface area contributed by atoms with E-state index >= 15 is 0 Å². The van der Waals surface area contributed by atoms with Gasteiger partial charge in [0.25, 0.3) is 0 Å². The highest BCUT2D eigenvalue weighted by Gasteiger charge is 2.16. The van der Waals surface area contributed by atoms with E-state index in [1.165, 1.54) is 6.08 Å². The Kier molecular flexibility index (Phi) is 2.33. The SMILES string of the molecule is CNC1=CC(Cl)C(F)C=C1. The topological polar surface area (TPSA) is 12.0 Å². The molecule has 2 unspecified atom stereocenters. The first kappa shape index (κ1) is 7.61. The summed E-state index contributed by atoms with van der Waals surface area (Å²) >= 11 is 5.60. The number of rotatable bonds is 1. The smallest absolute Gasteiger partial charge is 0.138 e. The summed E-state index contributed by atoms with van der Waals surface area (Å²) in [6, 6.07) is 0. The molecular formula is C7H9ClFN. The molecule has 0 aromatic rings. The minimum Gasteiger partial charge on any atom is -0.388 e. The number of halogens is 2. The Morgan fingerprint density at radius 3 is 2.90 bits per heavy atom. The Labute approximate surface area is 64.6 Å². The fourth-order valence-corrected chi connectivity index (χ4v) is 1.01. The highest BCUT2D eigenvalue weighted by molar-refractivity contribution is 6.22. The van der Waals surface area contributed by atoms with E-state index in [1.54, 1.807) is 19.2 Å². The van der Waals surface area contributed by atoms with Crippen LogP contribution in [-0.4, -0.2) is 18.6 Å². The van der Waals surface area contributed by atoms with Crippen molar-refractivity contribution in [1.82, 2.24) is 5.32 Å². The van der Waals surface area contributed by atoms with Crippen molar-refractivity contribution in [3.05, 3.63) is 23.9 Å². The van der Waals surface area contributed by atoms with Crippen molar-refractivity contribution in [2.24, 2.45) is 0 Å². The van der Waals surface area contributed by atoms with Crippen LogP contribution >= 0.6 is 11.6 Å². The van der Waals surface area contributed by atoms with E-state index in [4.69, 9.17) is 11.6 Å². The lowest BCUT2D eigenvalue weighted by Gasteiger charge is -2.13.